The number of carbonyl (C=O) groups excluding carboxylic acids is 1. The number of likely N-dealkylation sites (N-methyl/N-ethyl adjacent to an activating group) is 2. The van der Waals surface area contributed by atoms with Crippen LogP contribution in [-0.2, 0) is 0 Å². The zero-order chi connectivity index (χ0) is 15.9. The van der Waals surface area contributed by atoms with Crippen molar-refractivity contribution in [3.05, 3.63) is 24.3 Å². The SMILES string of the molecule is CN(C)CCNC(=O)Nc1ccc(N2CCN(C)CC2)cc1. The summed E-state index contributed by atoms with van der Waals surface area (Å²) >= 11 is 0. The Kier molecular flexibility index (Phi) is 6.03. The molecule has 0 spiro atoms. The summed E-state index contributed by atoms with van der Waals surface area (Å²) < 4.78 is 0. The number of piperazine rings is 1. The highest BCUT2D eigenvalue weighted by Gasteiger charge is 2.14. The maximum Gasteiger partial charge on any atom is 0.319 e. The quantitative estimate of drug-likeness (QED) is 0.856. The zero-order valence-electron chi connectivity index (χ0n) is 13.8. The molecule has 6 heteroatoms. The van der Waals surface area contributed by atoms with Gasteiger partial charge in [-0.25, -0.2) is 4.79 Å². The monoisotopic (exact) mass is 305 g/mol. The Morgan fingerprint density at radius 1 is 1.14 bits per heavy atom. The summed E-state index contributed by atoms with van der Waals surface area (Å²) in [6.07, 6.45) is 0. The number of nitrogens with one attached hydrogen (secondary N) is 2. The van der Waals surface area contributed by atoms with E-state index in [1.165, 1.54) is 5.69 Å². The van der Waals surface area contributed by atoms with Gasteiger partial charge in [0.2, 0.25) is 0 Å². The van der Waals surface area contributed by atoms with Crippen LogP contribution in [0.5, 0.6) is 0 Å². The maximum absolute atomic E-state index is 11.8. The van der Waals surface area contributed by atoms with Gasteiger partial charge in [-0.05, 0) is 45.4 Å². The van der Waals surface area contributed by atoms with Gasteiger partial charge in [-0.2, -0.15) is 0 Å². The molecule has 0 unspecified atom stereocenters. The van der Waals surface area contributed by atoms with Gasteiger partial charge in [-0.1, -0.05) is 0 Å². The summed E-state index contributed by atoms with van der Waals surface area (Å²) in [5.41, 5.74) is 2.03. The van der Waals surface area contributed by atoms with Gasteiger partial charge in [-0.15, -0.1) is 0 Å². The maximum atomic E-state index is 11.8. The second kappa shape index (κ2) is 8.00. The van der Waals surface area contributed by atoms with Crippen molar-refractivity contribution < 1.29 is 4.79 Å². The van der Waals surface area contributed by atoms with Crippen molar-refractivity contribution in [1.29, 1.82) is 0 Å². The third kappa shape index (κ3) is 5.20. The molecule has 1 fully saturated rings. The Morgan fingerprint density at radius 3 is 2.36 bits per heavy atom. The van der Waals surface area contributed by atoms with E-state index >= 15 is 0 Å². The van der Waals surface area contributed by atoms with Gasteiger partial charge < -0.3 is 25.3 Å². The van der Waals surface area contributed by atoms with Gasteiger partial charge in [-0.3, -0.25) is 0 Å². The Labute approximate surface area is 133 Å². The lowest BCUT2D eigenvalue weighted by Crippen LogP contribution is -2.44. The molecule has 2 N–H and O–H groups in total. The molecular formula is C16H27N5O. The number of hydrogen-bond donors (Lipinski definition) is 2. The molecule has 122 valence electrons. The lowest BCUT2D eigenvalue weighted by Gasteiger charge is -2.34. The van der Waals surface area contributed by atoms with Crippen molar-refractivity contribution in [3.63, 3.8) is 0 Å². The van der Waals surface area contributed by atoms with Crippen molar-refractivity contribution in [2.75, 3.05) is 70.6 Å². The molecule has 1 aliphatic rings. The normalized spacial score (nSPS) is 15.9. The number of amides is 2. The van der Waals surface area contributed by atoms with Crippen molar-refractivity contribution in [3.8, 4) is 0 Å². The third-order valence-corrected chi connectivity index (χ3v) is 3.84. The Hall–Kier alpha value is -1.79. The van der Waals surface area contributed by atoms with Crippen molar-refractivity contribution in [2.24, 2.45) is 0 Å². The first-order valence-electron chi connectivity index (χ1n) is 7.78. The lowest BCUT2D eigenvalue weighted by molar-refractivity contribution is 0.250. The molecule has 1 aromatic carbocycles. The highest BCUT2D eigenvalue weighted by Crippen LogP contribution is 2.19. The Bertz CT molecular complexity index is 466. The summed E-state index contributed by atoms with van der Waals surface area (Å²) in [6.45, 7) is 5.75. The van der Waals surface area contributed by atoms with Crippen LogP contribution in [0.1, 0.15) is 0 Å². The van der Waals surface area contributed by atoms with Gasteiger partial charge in [0.05, 0.1) is 0 Å². The van der Waals surface area contributed by atoms with E-state index in [2.05, 4.69) is 39.6 Å². The molecule has 1 aliphatic heterocycles. The lowest BCUT2D eigenvalue weighted by atomic mass is 10.2. The van der Waals surface area contributed by atoms with E-state index in [1.54, 1.807) is 0 Å². The molecule has 0 atom stereocenters. The van der Waals surface area contributed by atoms with E-state index in [9.17, 15) is 4.79 Å². The second-order valence-electron chi connectivity index (χ2n) is 6.02. The minimum Gasteiger partial charge on any atom is -0.369 e. The van der Waals surface area contributed by atoms with Crippen LogP contribution in [0.25, 0.3) is 0 Å². The second-order valence-corrected chi connectivity index (χ2v) is 6.02. The van der Waals surface area contributed by atoms with Gasteiger partial charge in [0.1, 0.15) is 0 Å². The average Bonchev–Trinajstić information content (AvgIpc) is 2.48. The molecule has 0 aromatic heterocycles. The van der Waals surface area contributed by atoms with E-state index in [0.29, 0.717) is 6.54 Å². The fraction of sp³-hybridized carbons (Fsp3) is 0.562. The van der Waals surface area contributed by atoms with Gasteiger partial charge in [0.15, 0.2) is 0 Å². The average molecular weight is 305 g/mol. The van der Waals surface area contributed by atoms with Crippen LogP contribution in [0.2, 0.25) is 0 Å². The molecule has 6 nitrogen and oxygen atoms in total. The van der Waals surface area contributed by atoms with Crippen LogP contribution >= 0.6 is 0 Å². The van der Waals surface area contributed by atoms with Crippen LogP contribution in [0.15, 0.2) is 24.3 Å². The molecule has 2 amide bonds. The summed E-state index contributed by atoms with van der Waals surface area (Å²) in [5.74, 6) is 0. The van der Waals surface area contributed by atoms with Gasteiger partial charge in [0, 0.05) is 50.6 Å². The van der Waals surface area contributed by atoms with Crippen LogP contribution in [0, 0.1) is 0 Å². The molecule has 0 radical (unpaired) electrons. The van der Waals surface area contributed by atoms with Crippen LogP contribution < -0.4 is 15.5 Å². The van der Waals surface area contributed by atoms with Crippen molar-refractivity contribution in [2.45, 2.75) is 0 Å². The Balaban J connectivity index is 1.80. The molecule has 0 saturated carbocycles. The zero-order valence-corrected chi connectivity index (χ0v) is 13.8. The number of anilines is 2. The molecule has 1 saturated heterocycles. The van der Waals surface area contributed by atoms with E-state index in [1.807, 2.05) is 31.1 Å². The number of carbonyl (C=O) groups is 1. The molecule has 1 aromatic rings. The molecule has 1 heterocycles. The summed E-state index contributed by atoms with van der Waals surface area (Å²) in [5, 5.41) is 5.70. The number of nitrogens with zero attached hydrogens (tertiary/aromatic N) is 3. The Morgan fingerprint density at radius 2 is 1.77 bits per heavy atom. The number of urea groups is 1. The molecule has 22 heavy (non-hydrogen) atoms. The molecule has 0 bridgehead atoms. The fourth-order valence-electron chi connectivity index (χ4n) is 2.39. The first-order chi connectivity index (χ1) is 10.5. The molecular weight excluding hydrogens is 278 g/mol. The van der Waals surface area contributed by atoms with Gasteiger partial charge in [0.25, 0.3) is 0 Å². The number of rotatable bonds is 5. The van der Waals surface area contributed by atoms with Crippen LogP contribution in [-0.4, -0.2) is 76.2 Å². The number of hydrogen-bond acceptors (Lipinski definition) is 4. The van der Waals surface area contributed by atoms with Crippen molar-refractivity contribution >= 4 is 17.4 Å². The fourth-order valence-corrected chi connectivity index (χ4v) is 2.39. The highest BCUT2D eigenvalue weighted by molar-refractivity contribution is 5.89. The largest absolute Gasteiger partial charge is 0.369 e. The minimum atomic E-state index is -0.158. The number of benzene rings is 1. The minimum absolute atomic E-state index is 0.158. The topological polar surface area (TPSA) is 50.9 Å². The predicted octanol–water partition coefficient (Wildman–Crippen LogP) is 1.12. The van der Waals surface area contributed by atoms with E-state index in [0.717, 1.165) is 38.4 Å². The van der Waals surface area contributed by atoms with Crippen LogP contribution in [0.4, 0.5) is 16.2 Å². The van der Waals surface area contributed by atoms with E-state index < -0.39 is 0 Å². The summed E-state index contributed by atoms with van der Waals surface area (Å²) in [6, 6.07) is 7.90. The summed E-state index contributed by atoms with van der Waals surface area (Å²) in [7, 11) is 6.12. The standard InChI is InChI=1S/C16H27N5O/c1-19(2)9-8-17-16(22)18-14-4-6-15(7-5-14)21-12-10-20(3)11-13-21/h4-7H,8-13H2,1-3H3,(H2,17,18,22). The molecule has 0 aliphatic carbocycles. The first kappa shape index (κ1) is 16.6. The van der Waals surface area contributed by atoms with Crippen molar-refractivity contribution in [1.82, 2.24) is 15.1 Å². The highest BCUT2D eigenvalue weighted by atomic mass is 16.2. The first-order valence-corrected chi connectivity index (χ1v) is 7.78. The van der Waals surface area contributed by atoms with E-state index in [-0.39, 0.29) is 6.03 Å². The van der Waals surface area contributed by atoms with Crippen LogP contribution in [0.3, 0.4) is 0 Å². The predicted molar refractivity (Wildman–Crippen MR) is 91.7 cm³/mol. The summed E-state index contributed by atoms with van der Waals surface area (Å²) in [4.78, 5) is 18.5. The smallest absolute Gasteiger partial charge is 0.319 e. The van der Waals surface area contributed by atoms with E-state index in [4.69, 9.17) is 0 Å². The third-order valence-electron chi connectivity index (χ3n) is 3.84. The molecule has 2 rings (SSSR count). The van der Waals surface area contributed by atoms with Gasteiger partial charge >= 0.3 is 6.03 Å².